The summed E-state index contributed by atoms with van der Waals surface area (Å²) in [6.07, 6.45) is 0.522. The lowest BCUT2D eigenvalue weighted by atomic mass is 10.2. The minimum absolute atomic E-state index is 0.0668. The summed E-state index contributed by atoms with van der Waals surface area (Å²) in [5, 5.41) is 4.66. The number of hydrogen-bond acceptors (Lipinski definition) is 4. The lowest BCUT2D eigenvalue weighted by Crippen LogP contribution is -2.17. The van der Waals surface area contributed by atoms with Crippen LogP contribution in [0.4, 0.5) is 0 Å². The number of rotatable bonds is 5. The van der Waals surface area contributed by atoms with Gasteiger partial charge in [0, 0.05) is 34.6 Å². The van der Waals surface area contributed by atoms with Gasteiger partial charge in [-0.25, -0.2) is 4.98 Å². The molecule has 1 heterocycles. The molecule has 2 aromatic rings. The molecule has 0 atom stereocenters. The summed E-state index contributed by atoms with van der Waals surface area (Å²) in [6.45, 7) is 0. The van der Waals surface area contributed by atoms with Gasteiger partial charge in [0.15, 0.2) is 4.34 Å². The van der Waals surface area contributed by atoms with Gasteiger partial charge in [0.25, 0.3) is 0 Å². The van der Waals surface area contributed by atoms with E-state index in [-0.39, 0.29) is 5.91 Å². The molecule has 1 amide bonds. The minimum Gasteiger partial charge on any atom is -0.359 e. The number of hydrogen-bond donors (Lipinski definition) is 1. The molecule has 0 aliphatic rings. The van der Waals surface area contributed by atoms with E-state index in [4.69, 9.17) is 0 Å². The highest BCUT2D eigenvalue weighted by molar-refractivity contribution is 9.10. The van der Waals surface area contributed by atoms with E-state index in [1.165, 1.54) is 0 Å². The van der Waals surface area contributed by atoms with Gasteiger partial charge in [0.2, 0.25) is 5.91 Å². The zero-order chi connectivity index (χ0) is 13.7. The first-order valence-electron chi connectivity index (χ1n) is 5.74. The molecule has 0 saturated carbocycles. The lowest BCUT2D eigenvalue weighted by Gasteiger charge is -1.98. The molecule has 3 nitrogen and oxygen atoms in total. The van der Waals surface area contributed by atoms with Gasteiger partial charge in [-0.2, -0.15) is 0 Å². The third kappa shape index (κ3) is 4.33. The fourth-order valence-electron chi connectivity index (χ4n) is 1.43. The van der Waals surface area contributed by atoms with Gasteiger partial charge >= 0.3 is 0 Å². The van der Waals surface area contributed by atoms with E-state index in [1.807, 2.05) is 29.6 Å². The number of amides is 1. The molecule has 19 heavy (non-hydrogen) atoms. The number of aromatic nitrogens is 1. The molecule has 2 rings (SSSR count). The zero-order valence-electron chi connectivity index (χ0n) is 10.4. The maximum Gasteiger partial charge on any atom is 0.220 e. The highest BCUT2D eigenvalue weighted by atomic mass is 79.9. The van der Waals surface area contributed by atoms with Gasteiger partial charge in [-0.15, -0.1) is 11.3 Å². The number of carbonyl (C=O) groups is 1. The largest absolute Gasteiger partial charge is 0.359 e. The molecule has 0 unspecified atom stereocenters. The molecule has 100 valence electrons. The molecule has 0 fully saturated rings. The van der Waals surface area contributed by atoms with E-state index in [0.29, 0.717) is 6.42 Å². The molecule has 0 saturated heterocycles. The number of carbonyl (C=O) groups excluding carboxylic acids is 1. The normalized spacial score (nSPS) is 10.4. The topological polar surface area (TPSA) is 42.0 Å². The molecule has 0 radical (unpaired) electrons. The van der Waals surface area contributed by atoms with E-state index in [2.05, 4.69) is 26.2 Å². The lowest BCUT2D eigenvalue weighted by molar-refractivity contribution is -0.120. The Balaban J connectivity index is 1.95. The van der Waals surface area contributed by atoms with Crippen molar-refractivity contribution in [2.45, 2.75) is 10.8 Å². The molecular weight excluding hydrogens is 344 g/mol. The van der Waals surface area contributed by atoms with E-state index in [0.717, 1.165) is 25.8 Å². The molecule has 0 aliphatic heterocycles. The average molecular weight is 357 g/mol. The third-order valence-corrected chi connectivity index (χ3v) is 5.01. The highest BCUT2D eigenvalue weighted by Gasteiger charge is 2.06. The molecular formula is C13H13BrN2OS2. The van der Waals surface area contributed by atoms with Crippen LogP contribution in [0.25, 0.3) is 11.3 Å². The van der Waals surface area contributed by atoms with E-state index in [9.17, 15) is 4.79 Å². The maximum absolute atomic E-state index is 11.1. The van der Waals surface area contributed by atoms with Crippen molar-refractivity contribution < 1.29 is 4.79 Å². The third-order valence-electron chi connectivity index (χ3n) is 2.46. The van der Waals surface area contributed by atoms with Gasteiger partial charge < -0.3 is 5.32 Å². The van der Waals surface area contributed by atoms with Crippen molar-refractivity contribution in [3.05, 3.63) is 34.1 Å². The van der Waals surface area contributed by atoms with Crippen LogP contribution < -0.4 is 5.32 Å². The van der Waals surface area contributed by atoms with Crippen LogP contribution in [0.3, 0.4) is 0 Å². The van der Waals surface area contributed by atoms with Gasteiger partial charge in [-0.3, -0.25) is 4.79 Å². The molecule has 0 bridgehead atoms. The van der Waals surface area contributed by atoms with Crippen LogP contribution in [-0.2, 0) is 4.79 Å². The van der Waals surface area contributed by atoms with Gasteiger partial charge in [-0.1, -0.05) is 39.8 Å². The van der Waals surface area contributed by atoms with Crippen molar-refractivity contribution in [1.29, 1.82) is 0 Å². The Hall–Kier alpha value is -0.850. The summed E-state index contributed by atoms with van der Waals surface area (Å²) in [4.78, 5) is 15.7. The predicted molar refractivity (Wildman–Crippen MR) is 84.7 cm³/mol. The second-order valence-corrected chi connectivity index (χ2v) is 6.89. The molecule has 1 aromatic carbocycles. The van der Waals surface area contributed by atoms with Crippen LogP contribution in [0.1, 0.15) is 6.42 Å². The zero-order valence-corrected chi connectivity index (χ0v) is 13.6. The molecule has 1 N–H and O–H groups in total. The van der Waals surface area contributed by atoms with Crippen molar-refractivity contribution >= 4 is 44.9 Å². The van der Waals surface area contributed by atoms with Crippen LogP contribution in [0.15, 0.2) is 38.5 Å². The summed E-state index contributed by atoms with van der Waals surface area (Å²) in [6, 6.07) is 8.09. The van der Waals surface area contributed by atoms with Crippen molar-refractivity contribution in [3.63, 3.8) is 0 Å². The van der Waals surface area contributed by atoms with Crippen LogP contribution in [0.2, 0.25) is 0 Å². The number of thiazole rings is 1. The first-order chi connectivity index (χ1) is 9.19. The average Bonchev–Trinajstić information content (AvgIpc) is 2.88. The molecule has 0 spiro atoms. The number of benzene rings is 1. The fraction of sp³-hybridized carbons (Fsp3) is 0.231. The fourth-order valence-corrected chi connectivity index (χ4v) is 3.54. The Kier molecular flexibility index (Phi) is 5.42. The Morgan fingerprint density at radius 3 is 2.84 bits per heavy atom. The Morgan fingerprint density at radius 2 is 2.16 bits per heavy atom. The van der Waals surface area contributed by atoms with Crippen molar-refractivity contribution in [2.75, 3.05) is 12.8 Å². The summed E-state index contributed by atoms with van der Waals surface area (Å²) >= 11 is 6.65. The number of thioether (sulfide) groups is 1. The molecule has 6 heteroatoms. The van der Waals surface area contributed by atoms with Crippen molar-refractivity contribution in [3.8, 4) is 11.3 Å². The number of nitrogens with one attached hydrogen (secondary N) is 1. The standard InChI is InChI=1S/C13H13BrN2OS2/c1-15-12(17)6-7-18-13-16-11(8-19-13)9-2-4-10(14)5-3-9/h2-5,8H,6-7H2,1H3,(H,15,17). The summed E-state index contributed by atoms with van der Waals surface area (Å²) in [5.41, 5.74) is 2.09. The number of halogens is 1. The second kappa shape index (κ2) is 7.07. The Morgan fingerprint density at radius 1 is 1.42 bits per heavy atom. The molecule has 0 aliphatic carbocycles. The predicted octanol–water partition coefficient (Wildman–Crippen LogP) is 3.80. The van der Waals surface area contributed by atoms with Crippen LogP contribution in [0.5, 0.6) is 0 Å². The van der Waals surface area contributed by atoms with Gasteiger partial charge in [0.05, 0.1) is 5.69 Å². The van der Waals surface area contributed by atoms with Crippen LogP contribution in [-0.4, -0.2) is 23.7 Å². The highest BCUT2D eigenvalue weighted by Crippen LogP contribution is 2.29. The summed E-state index contributed by atoms with van der Waals surface area (Å²) in [5.74, 6) is 0.824. The quantitative estimate of drug-likeness (QED) is 0.828. The number of nitrogens with zero attached hydrogens (tertiary/aromatic N) is 1. The SMILES string of the molecule is CNC(=O)CCSc1nc(-c2ccc(Br)cc2)cs1. The maximum atomic E-state index is 11.1. The minimum atomic E-state index is 0.0668. The van der Waals surface area contributed by atoms with Crippen LogP contribution >= 0.6 is 39.0 Å². The Bertz CT molecular complexity index is 554. The van der Waals surface area contributed by atoms with Crippen LogP contribution in [0, 0.1) is 0 Å². The smallest absolute Gasteiger partial charge is 0.220 e. The second-order valence-electron chi connectivity index (χ2n) is 3.78. The first-order valence-corrected chi connectivity index (χ1v) is 8.39. The van der Waals surface area contributed by atoms with Gasteiger partial charge in [0.1, 0.15) is 0 Å². The molecule has 1 aromatic heterocycles. The van der Waals surface area contributed by atoms with Crippen molar-refractivity contribution in [1.82, 2.24) is 10.3 Å². The monoisotopic (exact) mass is 356 g/mol. The Labute approximate surface area is 129 Å². The summed E-state index contributed by atoms with van der Waals surface area (Å²) < 4.78 is 2.06. The first kappa shape index (κ1) is 14.6. The van der Waals surface area contributed by atoms with Crippen molar-refractivity contribution in [2.24, 2.45) is 0 Å². The summed E-state index contributed by atoms with van der Waals surface area (Å²) in [7, 11) is 1.65. The van der Waals surface area contributed by atoms with Gasteiger partial charge in [-0.05, 0) is 12.1 Å². The van der Waals surface area contributed by atoms with E-state index >= 15 is 0 Å². The van der Waals surface area contributed by atoms with E-state index < -0.39 is 0 Å². The van der Waals surface area contributed by atoms with E-state index in [1.54, 1.807) is 30.1 Å².